The molecular weight excluding hydrogens is 278 g/mol. The van der Waals surface area contributed by atoms with Gasteiger partial charge in [0.15, 0.2) is 0 Å². The molecule has 112 valence electrons. The van der Waals surface area contributed by atoms with Crippen molar-refractivity contribution in [1.82, 2.24) is 5.32 Å². The Labute approximate surface area is 133 Å². The van der Waals surface area contributed by atoms with Crippen LogP contribution >= 0.6 is 11.6 Å². The average Bonchev–Trinajstić information content (AvgIpc) is 2.41. The highest BCUT2D eigenvalue weighted by Crippen LogP contribution is 2.26. The van der Waals surface area contributed by atoms with Gasteiger partial charge in [0.05, 0.1) is 0 Å². The van der Waals surface area contributed by atoms with Gasteiger partial charge in [0.1, 0.15) is 0 Å². The molecule has 0 aliphatic carbocycles. The SMILES string of the molecule is CNC(Cc1c(C)cc(C)cc1C)c1ccc(Cl)c(C)c1. The second-order valence-corrected chi connectivity index (χ2v) is 6.34. The van der Waals surface area contributed by atoms with Gasteiger partial charge in [-0.15, -0.1) is 0 Å². The highest BCUT2D eigenvalue weighted by Gasteiger charge is 2.14. The van der Waals surface area contributed by atoms with Crippen molar-refractivity contribution in [2.75, 3.05) is 7.05 Å². The van der Waals surface area contributed by atoms with E-state index >= 15 is 0 Å². The summed E-state index contributed by atoms with van der Waals surface area (Å²) in [7, 11) is 2.02. The Balaban J connectivity index is 2.33. The molecule has 0 aromatic heterocycles. The summed E-state index contributed by atoms with van der Waals surface area (Å²) in [6.07, 6.45) is 0.996. The van der Waals surface area contributed by atoms with E-state index in [1.807, 2.05) is 13.1 Å². The van der Waals surface area contributed by atoms with E-state index in [9.17, 15) is 0 Å². The summed E-state index contributed by atoms with van der Waals surface area (Å²) < 4.78 is 0. The fourth-order valence-electron chi connectivity index (χ4n) is 3.01. The Hall–Kier alpha value is -1.31. The lowest BCUT2D eigenvalue weighted by atomic mass is 9.91. The van der Waals surface area contributed by atoms with Crippen LogP contribution in [0.1, 0.15) is 39.4 Å². The summed E-state index contributed by atoms with van der Waals surface area (Å²) in [4.78, 5) is 0. The van der Waals surface area contributed by atoms with Crippen molar-refractivity contribution in [2.45, 2.75) is 40.2 Å². The number of likely N-dealkylation sites (N-methyl/N-ethyl adjacent to an activating group) is 1. The van der Waals surface area contributed by atoms with E-state index in [-0.39, 0.29) is 0 Å². The number of benzene rings is 2. The highest BCUT2D eigenvalue weighted by atomic mass is 35.5. The number of rotatable bonds is 4. The molecule has 0 spiro atoms. The molecule has 1 atom stereocenters. The molecule has 1 unspecified atom stereocenters. The Morgan fingerprint density at radius 2 is 1.57 bits per heavy atom. The Morgan fingerprint density at radius 3 is 2.10 bits per heavy atom. The van der Waals surface area contributed by atoms with Crippen LogP contribution in [0.4, 0.5) is 0 Å². The van der Waals surface area contributed by atoms with Gasteiger partial charge >= 0.3 is 0 Å². The van der Waals surface area contributed by atoms with Crippen molar-refractivity contribution in [2.24, 2.45) is 0 Å². The number of nitrogens with one attached hydrogen (secondary N) is 1. The monoisotopic (exact) mass is 301 g/mol. The summed E-state index contributed by atoms with van der Waals surface area (Å²) in [5.74, 6) is 0. The molecule has 0 aliphatic rings. The fourth-order valence-corrected chi connectivity index (χ4v) is 3.12. The van der Waals surface area contributed by atoms with Crippen LogP contribution in [0.25, 0.3) is 0 Å². The lowest BCUT2D eigenvalue weighted by molar-refractivity contribution is 0.588. The van der Waals surface area contributed by atoms with Crippen molar-refractivity contribution in [3.8, 4) is 0 Å². The minimum absolute atomic E-state index is 0.307. The number of halogens is 1. The molecule has 0 saturated heterocycles. The standard InChI is InChI=1S/C19H24ClN/c1-12-8-13(2)17(14(3)9-12)11-19(21-5)16-6-7-18(20)15(4)10-16/h6-10,19,21H,11H2,1-5H3. The third-order valence-electron chi connectivity index (χ3n) is 4.18. The number of aryl methyl sites for hydroxylation is 4. The van der Waals surface area contributed by atoms with Gasteiger partial charge < -0.3 is 5.32 Å². The first kappa shape index (κ1) is 16.1. The molecule has 2 heteroatoms. The fraction of sp³-hybridized carbons (Fsp3) is 0.368. The topological polar surface area (TPSA) is 12.0 Å². The first-order valence-electron chi connectivity index (χ1n) is 7.42. The molecule has 0 heterocycles. The molecule has 2 aromatic rings. The molecule has 21 heavy (non-hydrogen) atoms. The van der Waals surface area contributed by atoms with Crippen molar-refractivity contribution in [3.63, 3.8) is 0 Å². The molecular formula is C19H24ClN. The van der Waals surface area contributed by atoms with E-state index < -0.39 is 0 Å². The second-order valence-electron chi connectivity index (χ2n) is 5.93. The minimum atomic E-state index is 0.307. The smallest absolute Gasteiger partial charge is 0.0435 e. The second kappa shape index (κ2) is 6.64. The Kier molecular flexibility index (Phi) is 5.08. The van der Waals surface area contributed by atoms with Gasteiger partial charge in [0.25, 0.3) is 0 Å². The summed E-state index contributed by atoms with van der Waals surface area (Å²) in [5.41, 5.74) is 7.94. The maximum Gasteiger partial charge on any atom is 0.0435 e. The summed E-state index contributed by atoms with van der Waals surface area (Å²) in [5, 5.41) is 4.27. The van der Waals surface area contributed by atoms with E-state index in [4.69, 9.17) is 11.6 Å². The van der Waals surface area contributed by atoms with Crippen LogP contribution in [0, 0.1) is 27.7 Å². The van der Waals surface area contributed by atoms with E-state index in [1.165, 1.54) is 27.8 Å². The zero-order valence-electron chi connectivity index (χ0n) is 13.5. The molecule has 2 aromatic carbocycles. The van der Waals surface area contributed by atoms with E-state index in [2.05, 4.69) is 57.3 Å². The average molecular weight is 302 g/mol. The van der Waals surface area contributed by atoms with Crippen LogP contribution in [0.5, 0.6) is 0 Å². The van der Waals surface area contributed by atoms with Gasteiger partial charge in [-0.1, -0.05) is 41.4 Å². The summed E-state index contributed by atoms with van der Waals surface area (Å²) in [6.45, 7) is 8.62. The van der Waals surface area contributed by atoms with Gasteiger partial charge in [-0.2, -0.15) is 0 Å². The van der Waals surface area contributed by atoms with Crippen molar-refractivity contribution in [1.29, 1.82) is 0 Å². The molecule has 0 bridgehead atoms. The lowest BCUT2D eigenvalue weighted by Gasteiger charge is -2.21. The maximum absolute atomic E-state index is 6.14. The van der Waals surface area contributed by atoms with Crippen LogP contribution < -0.4 is 5.32 Å². The first-order chi connectivity index (χ1) is 9.92. The van der Waals surface area contributed by atoms with Crippen molar-refractivity contribution in [3.05, 3.63) is 68.7 Å². The molecule has 0 aliphatic heterocycles. The van der Waals surface area contributed by atoms with Crippen molar-refractivity contribution < 1.29 is 0 Å². The van der Waals surface area contributed by atoms with Crippen molar-refractivity contribution >= 4 is 11.6 Å². The highest BCUT2D eigenvalue weighted by molar-refractivity contribution is 6.31. The van der Waals surface area contributed by atoms with Crippen LogP contribution in [0.3, 0.4) is 0 Å². The predicted molar refractivity (Wildman–Crippen MR) is 92.3 cm³/mol. The molecule has 0 saturated carbocycles. The van der Waals surface area contributed by atoms with E-state index in [1.54, 1.807) is 0 Å². The minimum Gasteiger partial charge on any atom is -0.313 e. The molecule has 2 rings (SSSR count). The predicted octanol–water partition coefficient (Wildman–Crippen LogP) is 5.08. The number of hydrogen-bond donors (Lipinski definition) is 1. The van der Waals surface area contributed by atoms with Crippen LogP contribution in [-0.2, 0) is 6.42 Å². The first-order valence-corrected chi connectivity index (χ1v) is 7.80. The van der Waals surface area contributed by atoms with Gasteiger partial charge in [0.2, 0.25) is 0 Å². The molecule has 0 fully saturated rings. The summed E-state index contributed by atoms with van der Waals surface area (Å²) in [6, 6.07) is 11.1. The maximum atomic E-state index is 6.14. The summed E-state index contributed by atoms with van der Waals surface area (Å²) >= 11 is 6.14. The van der Waals surface area contributed by atoms with Gasteiger partial charge in [-0.3, -0.25) is 0 Å². The normalized spacial score (nSPS) is 12.5. The van der Waals surface area contributed by atoms with Crippen LogP contribution in [-0.4, -0.2) is 7.05 Å². The lowest BCUT2D eigenvalue weighted by Crippen LogP contribution is -2.20. The third kappa shape index (κ3) is 3.66. The largest absolute Gasteiger partial charge is 0.313 e. The van der Waals surface area contributed by atoms with E-state index in [0.29, 0.717) is 6.04 Å². The molecule has 0 amide bonds. The quantitative estimate of drug-likeness (QED) is 0.830. The van der Waals surface area contributed by atoms with Crippen LogP contribution in [0.2, 0.25) is 5.02 Å². The Bertz CT molecular complexity index is 623. The zero-order chi connectivity index (χ0) is 15.6. The van der Waals surface area contributed by atoms with E-state index in [0.717, 1.165) is 17.0 Å². The molecule has 1 nitrogen and oxygen atoms in total. The van der Waals surface area contributed by atoms with Crippen LogP contribution in [0.15, 0.2) is 30.3 Å². The van der Waals surface area contributed by atoms with Gasteiger partial charge in [-0.25, -0.2) is 0 Å². The molecule has 0 radical (unpaired) electrons. The Morgan fingerprint density at radius 1 is 0.952 bits per heavy atom. The molecule has 1 N–H and O–H groups in total. The third-order valence-corrected chi connectivity index (χ3v) is 4.61. The number of hydrogen-bond acceptors (Lipinski definition) is 1. The zero-order valence-corrected chi connectivity index (χ0v) is 14.3. The van der Waals surface area contributed by atoms with Gasteiger partial charge in [0, 0.05) is 11.1 Å². The van der Waals surface area contributed by atoms with Gasteiger partial charge in [-0.05, 0) is 75.0 Å².